The van der Waals surface area contributed by atoms with E-state index < -0.39 is 16.7 Å². The van der Waals surface area contributed by atoms with Crippen LogP contribution in [0.2, 0.25) is 0 Å². The first-order chi connectivity index (χ1) is 10.8. The van der Waals surface area contributed by atoms with Crippen molar-refractivity contribution in [1.82, 2.24) is 15.4 Å². The Balaban J connectivity index is 2.05. The zero-order chi connectivity index (χ0) is 17.1. The van der Waals surface area contributed by atoms with Gasteiger partial charge >= 0.3 is 0 Å². The van der Waals surface area contributed by atoms with Crippen molar-refractivity contribution in [2.24, 2.45) is 7.05 Å². The molecule has 1 heterocycles. The van der Waals surface area contributed by atoms with Crippen molar-refractivity contribution in [2.75, 3.05) is 0 Å². The van der Waals surface area contributed by atoms with Gasteiger partial charge in [-0.3, -0.25) is 30.6 Å². The fraction of sp³-hybridized carbons (Fsp3) is 0.143. The molecule has 0 aliphatic rings. The highest BCUT2D eigenvalue weighted by molar-refractivity contribution is 9.10. The van der Waals surface area contributed by atoms with Crippen LogP contribution in [0.25, 0.3) is 0 Å². The third-order valence-electron chi connectivity index (χ3n) is 3.15. The number of nitrogens with one attached hydrogen (secondary N) is 2. The Hall–Kier alpha value is -2.68. The van der Waals surface area contributed by atoms with Crippen LogP contribution in [0.4, 0.5) is 5.69 Å². The van der Waals surface area contributed by atoms with E-state index in [0.29, 0.717) is 11.3 Å². The molecule has 2 aromatic rings. The van der Waals surface area contributed by atoms with E-state index in [9.17, 15) is 19.7 Å². The Bertz CT molecular complexity index is 800. The molecule has 2 amide bonds. The standard InChI is InChI=1S/C14H13BrN4O4/c1-8-5-9(3-4-11(8)19(22)23)13(20)16-17-14(21)12-6-10(15)7-18(12)2/h3-7H,1-2H3,(H,16,20)(H,17,21). The number of amides is 2. The van der Waals surface area contributed by atoms with Crippen LogP contribution in [0.5, 0.6) is 0 Å². The number of carbonyl (C=O) groups excluding carboxylic acids is 2. The van der Waals surface area contributed by atoms with Gasteiger partial charge in [-0.25, -0.2) is 0 Å². The molecule has 1 aromatic heterocycles. The molecule has 0 aliphatic heterocycles. The van der Waals surface area contributed by atoms with Crippen molar-refractivity contribution in [3.8, 4) is 0 Å². The molecule has 0 spiro atoms. The predicted molar refractivity (Wildman–Crippen MR) is 85.9 cm³/mol. The summed E-state index contributed by atoms with van der Waals surface area (Å²) in [5, 5.41) is 10.8. The highest BCUT2D eigenvalue weighted by Gasteiger charge is 2.15. The molecule has 0 bridgehead atoms. The third-order valence-corrected chi connectivity index (χ3v) is 3.58. The molecule has 2 N–H and O–H groups in total. The molecular formula is C14H13BrN4O4. The quantitative estimate of drug-likeness (QED) is 0.627. The van der Waals surface area contributed by atoms with Crippen LogP contribution in [0, 0.1) is 17.0 Å². The summed E-state index contributed by atoms with van der Waals surface area (Å²) in [6.07, 6.45) is 1.70. The zero-order valence-corrected chi connectivity index (χ0v) is 13.9. The zero-order valence-electron chi connectivity index (χ0n) is 12.3. The van der Waals surface area contributed by atoms with E-state index >= 15 is 0 Å². The van der Waals surface area contributed by atoms with Crippen LogP contribution < -0.4 is 10.9 Å². The number of nitrogens with zero attached hydrogens (tertiary/aromatic N) is 2. The van der Waals surface area contributed by atoms with Gasteiger partial charge in [0.05, 0.1) is 4.92 Å². The van der Waals surface area contributed by atoms with Gasteiger partial charge in [-0.1, -0.05) is 0 Å². The maximum atomic E-state index is 12.0. The molecule has 23 heavy (non-hydrogen) atoms. The molecule has 8 nitrogen and oxygen atoms in total. The van der Waals surface area contributed by atoms with Crippen molar-refractivity contribution < 1.29 is 14.5 Å². The van der Waals surface area contributed by atoms with E-state index in [-0.39, 0.29) is 11.3 Å². The molecule has 0 atom stereocenters. The maximum Gasteiger partial charge on any atom is 0.286 e. The van der Waals surface area contributed by atoms with Crippen molar-refractivity contribution >= 4 is 33.4 Å². The lowest BCUT2D eigenvalue weighted by Crippen LogP contribution is -2.42. The molecule has 0 radical (unpaired) electrons. The number of nitro groups is 1. The molecule has 1 aromatic carbocycles. The molecule has 0 fully saturated rings. The van der Waals surface area contributed by atoms with Crippen LogP contribution in [-0.4, -0.2) is 21.3 Å². The van der Waals surface area contributed by atoms with Gasteiger partial charge in [0.15, 0.2) is 0 Å². The summed E-state index contributed by atoms with van der Waals surface area (Å²) in [6.45, 7) is 1.54. The summed E-state index contributed by atoms with van der Waals surface area (Å²) in [4.78, 5) is 34.2. The number of carbonyl (C=O) groups is 2. The first kappa shape index (κ1) is 16.7. The highest BCUT2D eigenvalue weighted by atomic mass is 79.9. The Morgan fingerprint density at radius 1 is 1.22 bits per heavy atom. The van der Waals surface area contributed by atoms with Gasteiger partial charge in [0.25, 0.3) is 17.5 Å². The van der Waals surface area contributed by atoms with Gasteiger partial charge < -0.3 is 4.57 Å². The smallest absolute Gasteiger partial charge is 0.286 e. The lowest BCUT2D eigenvalue weighted by atomic mass is 10.1. The molecule has 0 aliphatic carbocycles. The lowest BCUT2D eigenvalue weighted by molar-refractivity contribution is -0.385. The van der Waals surface area contributed by atoms with Crippen LogP contribution in [0.1, 0.15) is 26.4 Å². The number of hydrogen-bond acceptors (Lipinski definition) is 4. The first-order valence-electron chi connectivity index (χ1n) is 6.47. The van der Waals surface area contributed by atoms with Gasteiger partial charge in [0.2, 0.25) is 0 Å². The largest absolute Gasteiger partial charge is 0.345 e. The van der Waals surface area contributed by atoms with Gasteiger partial charge in [-0.15, -0.1) is 0 Å². The fourth-order valence-corrected chi connectivity index (χ4v) is 2.53. The SMILES string of the molecule is Cc1cc(C(=O)NNC(=O)c2cc(Br)cn2C)ccc1[N+](=O)[O-]. The summed E-state index contributed by atoms with van der Waals surface area (Å²) in [5.74, 6) is -1.05. The number of hydrogen-bond donors (Lipinski definition) is 2. The van der Waals surface area contributed by atoms with Crippen molar-refractivity contribution in [3.05, 3.63) is 61.9 Å². The third kappa shape index (κ3) is 3.75. The summed E-state index contributed by atoms with van der Waals surface area (Å²) in [6, 6.07) is 5.57. The van der Waals surface area contributed by atoms with Crippen LogP contribution in [0.3, 0.4) is 0 Å². The molecule has 0 saturated heterocycles. The monoisotopic (exact) mass is 380 g/mol. The molecule has 2 rings (SSSR count). The predicted octanol–water partition coefficient (Wildman–Crippen LogP) is 2.08. The maximum absolute atomic E-state index is 12.0. The van der Waals surface area contributed by atoms with Crippen LogP contribution in [-0.2, 0) is 7.05 Å². The molecule has 120 valence electrons. The van der Waals surface area contributed by atoms with E-state index in [2.05, 4.69) is 26.8 Å². The fourth-order valence-electron chi connectivity index (χ4n) is 2.00. The number of benzene rings is 1. The van der Waals surface area contributed by atoms with Crippen molar-refractivity contribution in [2.45, 2.75) is 6.92 Å². The number of aryl methyl sites for hydroxylation is 2. The summed E-state index contributed by atoms with van der Waals surface area (Å²) in [5.41, 5.74) is 5.43. The van der Waals surface area contributed by atoms with Gasteiger partial charge in [0, 0.05) is 34.9 Å². The summed E-state index contributed by atoms with van der Waals surface area (Å²) < 4.78 is 2.34. The minimum atomic E-state index is -0.565. The van der Waals surface area contributed by atoms with Gasteiger partial charge in [-0.05, 0) is 41.1 Å². The van der Waals surface area contributed by atoms with E-state index in [1.165, 1.54) is 25.1 Å². The van der Waals surface area contributed by atoms with Crippen molar-refractivity contribution in [1.29, 1.82) is 0 Å². The van der Waals surface area contributed by atoms with E-state index in [0.717, 1.165) is 4.47 Å². The molecular weight excluding hydrogens is 368 g/mol. The molecule has 0 unspecified atom stereocenters. The number of hydrazine groups is 1. The normalized spacial score (nSPS) is 10.2. The van der Waals surface area contributed by atoms with Crippen LogP contribution in [0.15, 0.2) is 34.9 Å². The second kappa shape index (κ2) is 6.61. The van der Waals surface area contributed by atoms with E-state index in [1.54, 1.807) is 23.9 Å². The Morgan fingerprint density at radius 2 is 1.87 bits per heavy atom. The Labute approximate surface area is 139 Å². The summed E-state index contributed by atoms with van der Waals surface area (Å²) in [7, 11) is 1.70. The van der Waals surface area contributed by atoms with Crippen molar-refractivity contribution in [3.63, 3.8) is 0 Å². The number of aromatic nitrogens is 1. The number of rotatable bonds is 3. The summed E-state index contributed by atoms with van der Waals surface area (Å²) >= 11 is 3.25. The topological polar surface area (TPSA) is 106 Å². The number of nitro benzene ring substituents is 1. The Morgan fingerprint density at radius 3 is 2.39 bits per heavy atom. The van der Waals surface area contributed by atoms with Gasteiger partial charge in [0.1, 0.15) is 5.69 Å². The average molecular weight is 381 g/mol. The second-order valence-electron chi connectivity index (χ2n) is 4.82. The van der Waals surface area contributed by atoms with Gasteiger partial charge in [-0.2, -0.15) is 0 Å². The minimum absolute atomic E-state index is 0.0701. The lowest BCUT2D eigenvalue weighted by Gasteiger charge is -2.08. The highest BCUT2D eigenvalue weighted by Crippen LogP contribution is 2.18. The van der Waals surface area contributed by atoms with Crippen LogP contribution >= 0.6 is 15.9 Å². The number of halogens is 1. The van der Waals surface area contributed by atoms with E-state index in [1.807, 2.05) is 0 Å². The second-order valence-corrected chi connectivity index (χ2v) is 5.74. The Kier molecular flexibility index (Phi) is 4.80. The molecule has 0 saturated carbocycles. The molecule has 9 heteroatoms. The average Bonchev–Trinajstić information content (AvgIpc) is 2.82. The first-order valence-corrected chi connectivity index (χ1v) is 7.26. The minimum Gasteiger partial charge on any atom is -0.345 e. The van der Waals surface area contributed by atoms with E-state index in [4.69, 9.17) is 0 Å².